The molecule has 0 bridgehead atoms. The molecule has 2 heterocycles. The third kappa shape index (κ3) is 6.18. The lowest BCUT2D eigenvalue weighted by Gasteiger charge is -2.18. The number of ether oxygens (including phenoxy) is 2. The van der Waals surface area contributed by atoms with Gasteiger partial charge in [-0.2, -0.15) is 0 Å². The van der Waals surface area contributed by atoms with Gasteiger partial charge in [-0.1, -0.05) is 32.9 Å². The first-order valence-electron chi connectivity index (χ1n) is 10.1. The lowest BCUT2D eigenvalue weighted by Crippen LogP contribution is -2.36. The van der Waals surface area contributed by atoms with E-state index in [9.17, 15) is 0 Å². The number of hydrogen-bond acceptors (Lipinski definition) is 5. The number of hydrogen-bond donors (Lipinski definition) is 2. The maximum absolute atomic E-state index is 6.18. The molecule has 2 N–H and O–H groups in total. The van der Waals surface area contributed by atoms with Crippen molar-refractivity contribution in [1.29, 1.82) is 0 Å². The summed E-state index contributed by atoms with van der Waals surface area (Å²) in [7, 11) is 1.78. The predicted octanol–water partition coefficient (Wildman–Crippen LogP) is 3.78. The first kappa shape index (κ1) is 21.6. The Morgan fingerprint density at radius 3 is 2.76 bits per heavy atom. The summed E-state index contributed by atoms with van der Waals surface area (Å²) >= 11 is 1.68. The molecule has 1 aliphatic rings. The van der Waals surface area contributed by atoms with Crippen molar-refractivity contribution in [3.63, 3.8) is 0 Å². The highest BCUT2D eigenvalue weighted by atomic mass is 32.1. The zero-order valence-corrected chi connectivity index (χ0v) is 18.9. The molecule has 0 amide bonds. The van der Waals surface area contributed by atoms with E-state index in [1.54, 1.807) is 18.4 Å². The number of thiazole rings is 1. The third-order valence-corrected chi connectivity index (χ3v) is 5.65. The maximum atomic E-state index is 6.18. The second kappa shape index (κ2) is 9.59. The van der Waals surface area contributed by atoms with Gasteiger partial charge < -0.3 is 20.1 Å². The quantitative estimate of drug-likeness (QED) is 0.554. The van der Waals surface area contributed by atoms with Crippen LogP contribution >= 0.6 is 11.3 Å². The highest BCUT2D eigenvalue weighted by Crippen LogP contribution is 2.25. The lowest BCUT2D eigenvalue weighted by atomic mass is 9.93. The van der Waals surface area contributed by atoms with Crippen molar-refractivity contribution >= 4 is 17.3 Å². The molecule has 1 aromatic heterocycles. The van der Waals surface area contributed by atoms with E-state index in [1.807, 2.05) is 0 Å². The molecule has 29 heavy (non-hydrogen) atoms. The monoisotopic (exact) mass is 416 g/mol. The summed E-state index contributed by atoms with van der Waals surface area (Å²) in [5.41, 5.74) is 3.49. The van der Waals surface area contributed by atoms with Crippen LogP contribution in [0.3, 0.4) is 0 Å². The summed E-state index contributed by atoms with van der Waals surface area (Å²) in [6.07, 6.45) is 1.07. The number of benzene rings is 1. The van der Waals surface area contributed by atoms with Crippen molar-refractivity contribution in [1.82, 2.24) is 15.6 Å². The second-order valence-electron chi connectivity index (χ2n) is 8.37. The zero-order chi connectivity index (χ0) is 20.9. The molecule has 1 unspecified atom stereocenters. The van der Waals surface area contributed by atoms with Crippen molar-refractivity contribution in [2.75, 3.05) is 20.3 Å². The van der Waals surface area contributed by atoms with Crippen molar-refractivity contribution in [3.8, 4) is 5.75 Å². The molecule has 1 aliphatic heterocycles. The fourth-order valence-corrected chi connectivity index (χ4v) is 3.96. The third-order valence-electron chi connectivity index (χ3n) is 4.80. The van der Waals surface area contributed by atoms with Crippen molar-refractivity contribution in [2.24, 2.45) is 4.99 Å². The maximum Gasteiger partial charge on any atom is 0.191 e. The summed E-state index contributed by atoms with van der Waals surface area (Å²) in [5, 5.41) is 9.92. The number of rotatable bonds is 6. The fraction of sp³-hybridized carbons (Fsp3) is 0.545. The van der Waals surface area contributed by atoms with E-state index < -0.39 is 0 Å². The molecule has 0 spiro atoms. The summed E-state index contributed by atoms with van der Waals surface area (Å²) < 4.78 is 11.6. The summed E-state index contributed by atoms with van der Waals surface area (Å²) in [6.45, 7) is 11.3. The molecule has 3 rings (SSSR count). The lowest BCUT2D eigenvalue weighted by molar-refractivity contribution is 0.140. The minimum Gasteiger partial charge on any atom is -0.488 e. The van der Waals surface area contributed by atoms with Gasteiger partial charge in [-0.3, -0.25) is 4.99 Å². The van der Waals surface area contributed by atoms with Gasteiger partial charge in [-0.15, -0.1) is 11.3 Å². The second-order valence-corrected chi connectivity index (χ2v) is 9.31. The molecule has 1 atom stereocenters. The van der Waals surface area contributed by atoms with Gasteiger partial charge in [0.1, 0.15) is 16.9 Å². The molecule has 6 nitrogen and oxygen atoms in total. The molecular weight excluding hydrogens is 384 g/mol. The van der Waals surface area contributed by atoms with E-state index >= 15 is 0 Å². The number of aromatic nitrogens is 1. The zero-order valence-electron chi connectivity index (χ0n) is 18.0. The van der Waals surface area contributed by atoms with Gasteiger partial charge in [0, 0.05) is 36.4 Å². The molecule has 0 radical (unpaired) electrons. The van der Waals surface area contributed by atoms with E-state index in [1.165, 1.54) is 5.56 Å². The summed E-state index contributed by atoms with van der Waals surface area (Å²) in [4.78, 5) is 9.06. The molecule has 0 aliphatic carbocycles. The molecule has 7 heteroatoms. The topological polar surface area (TPSA) is 67.8 Å². The van der Waals surface area contributed by atoms with Gasteiger partial charge in [-0.05, 0) is 18.6 Å². The van der Waals surface area contributed by atoms with Crippen LogP contribution in [0.1, 0.15) is 49.0 Å². The van der Waals surface area contributed by atoms with Crippen LogP contribution in [0.4, 0.5) is 0 Å². The molecule has 2 aromatic rings. The Labute approximate surface area is 177 Å². The number of aryl methyl sites for hydroxylation is 1. The summed E-state index contributed by atoms with van der Waals surface area (Å²) in [6, 6.07) is 6.31. The Kier molecular flexibility index (Phi) is 7.14. The molecule has 1 fully saturated rings. The van der Waals surface area contributed by atoms with E-state index in [0.717, 1.165) is 41.0 Å². The standard InChI is InChI=1S/C22H32N4O2S/c1-15-6-7-16(18(10-15)28-17-8-9-27-13-17)11-24-21(23-5)25-12-20-26-19(14-29-20)22(2,3)4/h6-7,10,14,17H,8-9,11-13H2,1-5H3,(H2,23,24,25). The smallest absolute Gasteiger partial charge is 0.191 e. The summed E-state index contributed by atoms with van der Waals surface area (Å²) in [5.74, 6) is 1.66. The van der Waals surface area contributed by atoms with Gasteiger partial charge >= 0.3 is 0 Å². The Morgan fingerprint density at radius 2 is 2.10 bits per heavy atom. The van der Waals surface area contributed by atoms with Crippen LogP contribution in [0.15, 0.2) is 28.6 Å². The van der Waals surface area contributed by atoms with Gasteiger partial charge in [-0.25, -0.2) is 4.98 Å². The first-order chi connectivity index (χ1) is 13.8. The predicted molar refractivity (Wildman–Crippen MR) is 119 cm³/mol. The van der Waals surface area contributed by atoms with E-state index in [0.29, 0.717) is 19.7 Å². The van der Waals surface area contributed by atoms with E-state index in [4.69, 9.17) is 14.5 Å². The molecule has 1 saturated heterocycles. The van der Waals surface area contributed by atoms with Gasteiger partial charge in [0.25, 0.3) is 0 Å². The number of nitrogens with zero attached hydrogens (tertiary/aromatic N) is 2. The normalized spacial score (nSPS) is 17.4. The molecule has 0 saturated carbocycles. The largest absolute Gasteiger partial charge is 0.488 e. The van der Waals surface area contributed by atoms with Crippen LogP contribution in [0, 0.1) is 6.92 Å². The number of nitrogens with one attached hydrogen (secondary N) is 2. The van der Waals surface area contributed by atoms with Crippen molar-refractivity contribution in [2.45, 2.75) is 58.7 Å². The highest BCUT2D eigenvalue weighted by molar-refractivity contribution is 7.09. The van der Waals surface area contributed by atoms with E-state index in [2.05, 4.69) is 66.9 Å². The van der Waals surface area contributed by atoms with Crippen LogP contribution < -0.4 is 15.4 Å². The van der Waals surface area contributed by atoms with Crippen molar-refractivity contribution < 1.29 is 9.47 Å². The van der Waals surface area contributed by atoms with E-state index in [-0.39, 0.29) is 11.5 Å². The number of aliphatic imine (C=N–C) groups is 1. The first-order valence-corrected chi connectivity index (χ1v) is 11.0. The number of guanidine groups is 1. The average Bonchev–Trinajstić information content (AvgIpc) is 3.35. The van der Waals surface area contributed by atoms with Crippen LogP contribution in [-0.2, 0) is 23.2 Å². The van der Waals surface area contributed by atoms with Gasteiger partial charge in [0.05, 0.1) is 25.5 Å². The molecular formula is C22H32N4O2S. The fourth-order valence-electron chi connectivity index (χ4n) is 3.00. The Bertz CT molecular complexity index is 836. The average molecular weight is 417 g/mol. The minimum absolute atomic E-state index is 0.0703. The van der Waals surface area contributed by atoms with Crippen molar-refractivity contribution in [3.05, 3.63) is 45.4 Å². The van der Waals surface area contributed by atoms with Crippen LogP contribution in [0.5, 0.6) is 5.75 Å². The molecule has 158 valence electrons. The van der Waals surface area contributed by atoms with Gasteiger partial charge in [0.15, 0.2) is 5.96 Å². The Hall–Kier alpha value is -2.12. The Balaban J connectivity index is 1.57. The van der Waals surface area contributed by atoms with Crippen LogP contribution in [-0.4, -0.2) is 37.3 Å². The van der Waals surface area contributed by atoms with Gasteiger partial charge in [0.2, 0.25) is 0 Å². The van der Waals surface area contributed by atoms with Crippen LogP contribution in [0.25, 0.3) is 0 Å². The van der Waals surface area contributed by atoms with Crippen LogP contribution in [0.2, 0.25) is 0 Å². The SMILES string of the molecule is CN=C(NCc1nc(C(C)(C)C)cs1)NCc1ccc(C)cc1OC1CCOC1. The molecule has 1 aromatic carbocycles. The highest BCUT2D eigenvalue weighted by Gasteiger charge is 2.19. The minimum atomic E-state index is 0.0703. The Morgan fingerprint density at radius 1 is 1.31 bits per heavy atom.